The topological polar surface area (TPSA) is 11.4 Å². The van der Waals surface area contributed by atoms with E-state index in [1.807, 2.05) is 0 Å². The van der Waals surface area contributed by atoms with Crippen LogP contribution in [0.4, 0.5) is 34.1 Å². The van der Waals surface area contributed by atoms with Crippen LogP contribution in [0, 0.1) is 0 Å². The highest BCUT2D eigenvalue weighted by Gasteiger charge is 2.45. The Morgan fingerprint density at radius 2 is 0.623 bits per heavy atom. The average Bonchev–Trinajstić information content (AvgIpc) is 3.90. The fraction of sp³-hybridized carbons (Fsp3) is 0.182. The maximum Gasteiger partial charge on any atom is 0.0583 e. The van der Waals surface area contributed by atoms with Crippen molar-refractivity contribution >= 4 is 55.9 Å². The molecule has 0 radical (unpaired) electrons. The van der Waals surface area contributed by atoms with Crippen LogP contribution in [0.3, 0.4) is 0 Å². The average molecular weight is 890 g/mol. The number of hydrogen-bond acceptors (Lipinski definition) is 2. The van der Waals surface area contributed by atoms with Crippen LogP contribution in [0.15, 0.2) is 188 Å². The zero-order valence-electron chi connectivity index (χ0n) is 40.7. The smallest absolute Gasteiger partial charge is 0.0583 e. The monoisotopic (exact) mass is 889 g/mol. The Labute approximate surface area is 405 Å². The highest BCUT2D eigenvalue weighted by molar-refractivity contribution is 6.16. The summed E-state index contributed by atoms with van der Waals surface area (Å²) in [5.74, 6) is 0. The molecule has 334 valence electrons. The first kappa shape index (κ1) is 40.4. The number of benzene rings is 9. The van der Waals surface area contributed by atoms with E-state index in [4.69, 9.17) is 0 Å². The van der Waals surface area contributed by atoms with Gasteiger partial charge in [0.2, 0.25) is 0 Å². The number of para-hydroxylation sites is 3. The Balaban J connectivity index is 1.06. The summed E-state index contributed by atoms with van der Waals surface area (Å²) in [6.45, 7) is 19.3. The molecule has 9 aromatic carbocycles. The summed E-state index contributed by atoms with van der Waals surface area (Å²) in [7, 11) is 0. The third-order valence-electron chi connectivity index (χ3n) is 17.1. The van der Waals surface area contributed by atoms with Crippen molar-refractivity contribution in [3.63, 3.8) is 0 Å². The molecule has 3 heteroatoms. The molecule has 0 fully saturated rings. The summed E-state index contributed by atoms with van der Waals surface area (Å²) in [5, 5.41) is 2.56. The van der Waals surface area contributed by atoms with E-state index >= 15 is 0 Å². The van der Waals surface area contributed by atoms with Gasteiger partial charge in [-0.3, -0.25) is 0 Å². The van der Waals surface area contributed by atoms with Crippen molar-refractivity contribution in [1.82, 2.24) is 4.57 Å². The van der Waals surface area contributed by atoms with Crippen LogP contribution >= 0.6 is 0 Å². The summed E-state index contributed by atoms with van der Waals surface area (Å²) in [6.07, 6.45) is 0. The van der Waals surface area contributed by atoms with Crippen molar-refractivity contribution in [3.05, 3.63) is 233 Å². The van der Waals surface area contributed by atoms with Gasteiger partial charge in [0.15, 0.2) is 0 Å². The molecule has 3 heterocycles. The Morgan fingerprint density at radius 1 is 0.275 bits per heavy atom. The molecular weight excluding hydrogens is 835 g/mol. The SMILES string of the molecule is CC1(C)c2ccccc2-c2ccc(N(c3ccccc3)c3cc4c5c(c3)c3cc(N(c6ccccc6)c6ccc7c(c6)C(C)(C)c6ccccc6-7)cc6c3n5-c3c(cccc3C6(C)C)C4(C)C)cc21. The maximum absolute atomic E-state index is 2.66. The fourth-order valence-electron chi connectivity index (χ4n) is 13.5. The van der Waals surface area contributed by atoms with E-state index in [9.17, 15) is 0 Å². The van der Waals surface area contributed by atoms with Crippen LogP contribution in [0.5, 0.6) is 0 Å². The van der Waals surface area contributed by atoms with Gasteiger partial charge >= 0.3 is 0 Å². The van der Waals surface area contributed by atoms with Crippen LogP contribution in [0.25, 0.3) is 49.7 Å². The van der Waals surface area contributed by atoms with E-state index in [2.05, 4.69) is 258 Å². The van der Waals surface area contributed by atoms with Gasteiger partial charge in [0.25, 0.3) is 0 Å². The first-order chi connectivity index (χ1) is 33.3. The minimum Gasteiger partial charge on any atom is -0.310 e. The summed E-state index contributed by atoms with van der Waals surface area (Å²) in [5.41, 5.74) is 26.4. The third-order valence-corrected chi connectivity index (χ3v) is 17.1. The normalized spacial score (nSPS) is 16.3. The highest BCUT2D eigenvalue weighted by atomic mass is 15.2. The van der Waals surface area contributed by atoms with Crippen molar-refractivity contribution in [2.24, 2.45) is 0 Å². The molecule has 1 aromatic heterocycles. The standard InChI is InChI=1S/C66H55N3/c1-63(2)52-26-17-15-24-46(52)48-32-30-42(36-56(48)63)67(40-20-11-9-12-21-40)44-34-50-51-35-45(39-59-61(51)69-60(50)58(38-44)65(5,6)54-28-19-29-55(62(54)69)66(59,7)8)68(41-22-13-10-14-23-41)43-31-33-49-47-25-16-18-27-53(47)64(3,4)57(49)37-43/h9-39H,1-8H3. The first-order valence-electron chi connectivity index (χ1n) is 24.8. The lowest BCUT2D eigenvalue weighted by atomic mass is 9.68. The Morgan fingerprint density at radius 3 is 1.06 bits per heavy atom. The molecule has 0 unspecified atom stereocenters. The number of nitrogens with zero attached hydrogens (tertiary/aromatic N) is 3. The molecule has 2 aliphatic heterocycles. The zero-order valence-corrected chi connectivity index (χ0v) is 40.7. The Kier molecular flexibility index (Phi) is 7.94. The van der Waals surface area contributed by atoms with Gasteiger partial charge in [-0.2, -0.15) is 0 Å². The van der Waals surface area contributed by atoms with E-state index in [-0.39, 0.29) is 21.7 Å². The van der Waals surface area contributed by atoms with Gasteiger partial charge in [-0.25, -0.2) is 0 Å². The van der Waals surface area contributed by atoms with Gasteiger partial charge in [-0.05, 0) is 140 Å². The minimum atomic E-state index is -0.283. The van der Waals surface area contributed by atoms with Gasteiger partial charge in [0.1, 0.15) is 0 Å². The van der Waals surface area contributed by atoms with Crippen molar-refractivity contribution in [1.29, 1.82) is 0 Å². The van der Waals surface area contributed by atoms with E-state index in [1.165, 1.54) is 94.3 Å². The molecule has 0 N–H and O–H groups in total. The quantitative estimate of drug-likeness (QED) is 0.165. The highest BCUT2D eigenvalue weighted by Crippen LogP contribution is 2.59. The molecule has 69 heavy (non-hydrogen) atoms. The van der Waals surface area contributed by atoms with Crippen LogP contribution < -0.4 is 9.80 Å². The number of rotatable bonds is 6. The molecule has 0 saturated heterocycles. The predicted octanol–water partition coefficient (Wildman–Crippen LogP) is 17.6. The predicted molar refractivity (Wildman–Crippen MR) is 290 cm³/mol. The molecule has 0 atom stereocenters. The molecule has 10 aromatic rings. The molecule has 0 spiro atoms. The fourth-order valence-corrected chi connectivity index (χ4v) is 13.5. The van der Waals surface area contributed by atoms with Crippen LogP contribution in [-0.2, 0) is 21.7 Å². The lowest BCUT2D eigenvalue weighted by molar-refractivity contribution is 0.593. The number of hydrogen-bond donors (Lipinski definition) is 0. The second kappa shape index (κ2) is 13.5. The molecule has 0 bridgehead atoms. The summed E-state index contributed by atoms with van der Waals surface area (Å²) in [6, 6.07) is 71.4. The molecule has 0 saturated carbocycles. The largest absolute Gasteiger partial charge is 0.310 e. The van der Waals surface area contributed by atoms with Crippen molar-refractivity contribution in [2.45, 2.75) is 77.0 Å². The first-order valence-corrected chi connectivity index (χ1v) is 24.8. The van der Waals surface area contributed by atoms with Crippen LogP contribution in [0.2, 0.25) is 0 Å². The van der Waals surface area contributed by atoms with Crippen molar-refractivity contribution < 1.29 is 0 Å². The van der Waals surface area contributed by atoms with E-state index < -0.39 is 0 Å². The zero-order chi connectivity index (χ0) is 46.9. The summed E-state index contributed by atoms with van der Waals surface area (Å²) < 4.78 is 2.66. The molecular formula is C66H55N3. The molecule has 2 aliphatic carbocycles. The Bertz CT molecular complexity index is 3600. The van der Waals surface area contributed by atoms with E-state index in [0.29, 0.717) is 0 Å². The van der Waals surface area contributed by atoms with Gasteiger partial charge in [-0.1, -0.05) is 171 Å². The van der Waals surface area contributed by atoms with Gasteiger partial charge in [-0.15, -0.1) is 0 Å². The van der Waals surface area contributed by atoms with Crippen molar-refractivity contribution in [3.8, 4) is 27.9 Å². The third kappa shape index (κ3) is 5.23. The molecule has 0 amide bonds. The maximum atomic E-state index is 2.66. The lowest BCUT2D eigenvalue weighted by Gasteiger charge is -2.42. The number of fused-ring (bicyclic) bond motifs is 7. The van der Waals surface area contributed by atoms with Gasteiger partial charge in [0, 0.05) is 66.6 Å². The van der Waals surface area contributed by atoms with Crippen LogP contribution in [0.1, 0.15) is 99.9 Å². The number of anilines is 6. The Hall–Kier alpha value is -7.62. The summed E-state index contributed by atoms with van der Waals surface area (Å²) in [4.78, 5) is 5.02. The molecule has 4 aliphatic rings. The second-order valence-corrected chi connectivity index (χ2v) is 22.2. The van der Waals surface area contributed by atoms with Crippen molar-refractivity contribution in [2.75, 3.05) is 9.80 Å². The lowest BCUT2D eigenvalue weighted by Crippen LogP contribution is -2.33. The van der Waals surface area contributed by atoms with Gasteiger partial charge < -0.3 is 14.4 Å². The minimum absolute atomic E-state index is 0.130. The second-order valence-electron chi connectivity index (χ2n) is 22.2. The molecule has 14 rings (SSSR count). The summed E-state index contributed by atoms with van der Waals surface area (Å²) >= 11 is 0. The number of aromatic nitrogens is 1. The van der Waals surface area contributed by atoms with E-state index in [1.54, 1.807) is 0 Å². The van der Waals surface area contributed by atoms with Crippen LogP contribution in [-0.4, -0.2) is 4.57 Å². The molecule has 3 nitrogen and oxygen atoms in total. The van der Waals surface area contributed by atoms with Gasteiger partial charge in [0.05, 0.1) is 16.7 Å². The van der Waals surface area contributed by atoms with E-state index in [0.717, 1.165) is 34.1 Å².